The molecule has 102 valence electrons. The predicted molar refractivity (Wildman–Crippen MR) is 65.8 cm³/mol. The van der Waals surface area contributed by atoms with Gasteiger partial charge >= 0.3 is 5.97 Å². The Kier molecular flexibility index (Phi) is 3.37. The van der Waals surface area contributed by atoms with Gasteiger partial charge in [-0.2, -0.15) is 5.10 Å². The van der Waals surface area contributed by atoms with Gasteiger partial charge < -0.3 is 10.0 Å². The summed E-state index contributed by atoms with van der Waals surface area (Å²) in [6.07, 6.45) is 1.60. The van der Waals surface area contributed by atoms with Crippen LogP contribution in [0.3, 0.4) is 0 Å². The third-order valence-corrected chi connectivity index (χ3v) is 3.13. The Hall–Kier alpha value is -2.18. The minimum absolute atomic E-state index is 0.0439. The van der Waals surface area contributed by atoms with Crippen LogP contribution in [0.15, 0.2) is 16.9 Å². The van der Waals surface area contributed by atoms with Gasteiger partial charge in [-0.3, -0.25) is 9.59 Å². The fraction of sp³-hybridized carbons (Fsp3) is 0.500. The van der Waals surface area contributed by atoms with Crippen molar-refractivity contribution in [3.05, 3.63) is 28.2 Å². The summed E-state index contributed by atoms with van der Waals surface area (Å²) in [6.45, 7) is 1.47. The summed E-state index contributed by atoms with van der Waals surface area (Å²) >= 11 is 0. The summed E-state index contributed by atoms with van der Waals surface area (Å²) in [6, 6.07) is 1.63. The summed E-state index contributed by atoms with van der Waals surface area (Å²) in [5.41, 5.74) is -0.233. The molecule has 1 atom stereocenters. The van der Waals surface area contributed by atoms with E-state index in [1.54, 1.807) is 0 Å². The van der Waals surface area contributed by atoms with Crippen LogP contribution in [0.5, 0.6) is 0 Å². The molecule has 1 unspecified atom stereocenters. The smallest absolute Gasteiger partial charge is 0.326 e. The molecule has 1 saturated carbocycles. The molecule has 7 heteroatoms. The Bertz CT molecular complexity index is 577. The van der Waals surface area contributed by atoms with E-state index < -0.39 is 17.9 Å². The third-order valence-electron chi connectivity index (χ3n) is 3.13. The van der Waals surface area contributed by atoms with E-state index in [9.17, 15) is 14.4 Å². The molecule has 1 amide bonds. The fourth-order valence-corrected chi connectivity index (χ4v) is 1.88. The standard InChI is InChI=1S/C12H15N3O4/c1-7(12(18)19)15(8-3-4-8)11(17)9-5-6-10(16)14(2)13-9/h5-8H,3-4H2,1-2H3,(H,18,19). The van der Waals surface area contributed by atoms with Gasteiger partial charge in [0, 0.05) is 19.2 Å². The molecule has 1 heterocycles. The molecule has 1 fully saturated rings. The number of aryl methyl sites for hydroxylation is 1. The Morgan fingerprint density at radius 1 is 1.47 bits per heavy atom. The second kappa shape index (κ2) is 4.83. The number of nitrogens with zero attached hydrogens (tertiary/aromatic N) is 3. The molecule has 1 aromatic rings. The molecular weight excluding hydrogens is 250 g/mol. The Morgan fingerprint density at radius 3 is 2.58 bits per heavy atom. The number of aliphatic carboxylic acids is 1. The van der Waals surface area contributed by atoms with Gasteiger partial charge in [-0.05, 0) is 25.8 Å². The Balaban J connectivity index is 2.31. The quantitative estimate of drug-likeness (QED) is 0.817. The van der Waals surface area contributed by atoms with Crippen molar-refractivity contribution in [1.82, 2.24) is 14.7 Å². The van der Waals surface area contributed by atoms with Crippen molar-refractivity contribution in [2.45, 2.75) is 31.8 Å². The van der Waals surface area contributed by atoms with Gasteiger partial charge in [0.15, 0.2) is 0 Å². The number of carboxylic acid groups (broad SMARTS) is 1. The van der Waals surface area contributed by atoms with Crippen molar-refractivity contribution in [3.63, 3.8) is 0 Å². The first-order chi connectivity index (χ1) is 8.91. The fourth-order valence-electron chi connectivity index (χ4n) is 1.88. The predicted octanol–water partition coefficient (Wildman–Crippen LogP) is -0.142. The van der Waals surface area contributed by atoms with Gasteiger partial charge in [0.05, 0.1) is 0 Å². The molecule has 1 aliphatic rings. The lowest BCUT2D eigenvalue weighted by molar-refractivity contribution is -0.141. The largest absolute Gasteiger partial charge is 0.480 e. The zero-order valence-electron chi connectivity index (χ0n) is 10.7. The number of carbonyl (C=O) groups excluding carboxylic acids is 1. The highest BCUT2D eigenvalue weighted by Crippen LogP contribution is 2.29. The van der Waals surface area contributed by atoms with Crippen molar-refractivity contribution < 1.29 is 14.7 Å². The average molecular weight is 265 g/mol. The van der Waals surface area contributed by atoms with Gasteiger partial charge in [-0.1, -0.05) is 0 Å². The maximum absolute atomic E-state index is 12.3. The molecule has 1 N–H and O–H groups in total. The first kappa shape index (κ1) is 13.3. The third kappa shape index (κ3) is 2.64. The molecule has 0 aliphatic heterocycles. The SMILES string of the molecule is CC(C(=O)O)N(C(=O)c1ccc(=O)n(C)n1)C1CC1. The molecule has 7 nitrogen and oxygen atoms in total. The Morgan fingerprint density at radius 2 is 2.11 bits per heavy atom. The van der Waals surface area contributed by atoms with E-state index in [4.69, 9.17) is 5.11 Å². The molecule has 0 spiro atoms. The van der Waals surface area contributed by atoms with E-state index in [1.807, 2.05) is 0 Å². The van der Waals surface area contributed by atoms with Gasteiger partial charge in [0.1, 0.15) is 11.7 Å². The van der Waals surface area contributed by atoms with E-state index in [0.717, 1.165) is 17.5 Å². The molecule has 1 aliphatic carbocycles. The Labute approximate surface area is 109 Å². The summed E-state index contributed by atoms with van der Waals surface area (Å²) in [7, 11) is 1.45. The molecule has 0 aromatic carbocycles. The first-order valence-electron chi connectivity index (χ1n) is 6.01. The topological polar surface area (TPSA) is 92.5 Å². The first-order valence-corrected chi connectivity index (χ1v) is 6.01. The number of amides is 1. The second-order valence-electron chi connectivity index (χ2n) is 4.64. The lowest BCUT2D eigenvalue weighted by Crippen LogP contribution is -2.45. The second-order valence-corrected chi connectivity index (χ2v) is 4.64. The number of rotatable bonds is 4. The van der Waals surface area contributed by atoms with Crippen LogP contribution in [0.4, 0.5) is 0 Å². The zero-order chi connectivity index (χ0) is 14.2. The molecule has 2 rings (SSSR count). The maximum atomic E-state index is 12.3. The normalized spacial score (nSPS) is 15.9. The van der Waals surface area contributed by atoms with E-state index in [0.29, 0.717) is 0 Å². The van der Waals surface area contributed by atoms with Crippen LogP contribution >= 0.6 is 0 Å². The molecule has 0 saturated heterocycles. The van der Waals surface area contributed by atoms with Crippen LogP contribution in [-0.2, 0) is 11.8 Å². The number of hydrogen-bond acceptors (Lipinski definition) is 4. The van der Waals surface area contributed by atoms with Crippen LogP contribution in [0.25, 0.3) is 0 Å². The van der Waals surface area contributed by atoms with Crippen LogP contribution < -0.4 is 5.56 Å². The van der Waals surface area contributed by atoms with Gasteiger partial charge in [0.25, 0.3) is 11.5 Å². The van der Waals surface area contributed by atoms with E-state index >= 15 is 0 Å². The number of aromatic nitrogens is 2. The van der Waals surface area contributed by atoms with E-state index in [2.05, 4.69) is 5.10 Å². The number of carboxylic acids is 1. The van der Waals surface area contributed by atoms with Crippen LogP contribution in [-0.4, -0.2) is 43.7 Å². The highest BCUT2D eigenvalue weighted by Gasteiger charge is 2.39. The van der Waals surface area contributed by atoms with Crippen LogP contribution in [0.2, 0.25) is 0 Å². The summed E-state index contributed by atoms with van der Waals surface area (Å²) in [5, 5.41) is 12.9. The van der Waals surface area contributed by atoms with Crippen LogP contribution in [0, 0.1) is 0 Å². The van der Waals surface area contributed by atoms with Crippen molar-refractivity contribution in [2.24, 2.45) is 7.05 Å². The molecule has 1 aromatic heterocycles. The minimum atomic E-state index is -1.05. The zero-order valence-corrected chi connectivity index (χ0v) is 10.7. The molecule has 19 heavy (non-hydrogen) atoms. The number of hydrogen-bond donors (Lipinski definition) is 1. The van der Waals surface area contributed by atoms with Crippen molar-refractivity contribution in [3.8, 4) is 0 Å². The lowest BCUT2D eigenvalue weighted by Gasteiger charge is -2.26. The van der Waals surface area contributed by atoms with E-state index in [-0.39, 0.29) is 17.3 Å². The van der Waals surface area contributed by atoms with Crippen molar-refractivity contribution in [2.75, 3.05) is 0 Å². The summed E-state index contributed by atoms with van der Waals surface area (Å²) in [4.78, 5) is 35.9. The minimum Gasteiger partial charge on any atom is -0.480 e. The summed E-state index contributed by atoms with van der Waals surface area (Å²) in [5.74, 6) is -1.50. The highest BCUT2D eigenvalue weighted by atomic mass is 16.4. The molecule has 0 bridgehead atoms. The monoisotopic (exact) mass is 265 g/mol. The highest BCUT2D eigenvalue weighted by molar-refractivity contribution is 5.95. The van der Waals surface area contributed by atoms with E-state index in [1.165, 1.54) is 31.0 Å². The van der Waals surface area contributed by atoms with Crippen LogP contribution in [0.1, 0.15) is 30.3 Å². The number of carbonyl (C=O) groups is 2. The van der Waals surface area contributed by atoms with Crippen molar-refractivity contribution in [1.29, 1.82) is 0 Å². The van der Waals surface area contributed by atoms with Crippen molar-refractivity contribution >= 4 is 11.9 Å². The lowest BCUT2D eigenvalue weighted by atomic mass is 10.2. The van der Waals surface area contributed by atoms with Gasteiger partial charge in [0.2, 0.25) is 0 Å². The summed E-state index contributed by atoms with van der Waals surface area (Å²) < 4.78 is 1.06. The average Bonchev–Trinajstić information content (AvgIpc) is 3.17. The maximum Gasteiger partial charge on any atom is 0.326 e. The molecular formula is C12H15N3O4. The van der Waals surface area contributed by atoms with Gasteiger partial charge in [-0.15, -0.1) is 0 Å². The van der Waals surface area contributed by atoms with Gasteiger partial charge in [-0.25, -0.2) is 9.48 Å². The molecule has 0 radical (unpaired) electrons.